The van der Waals surface area contributed by atoms with Gasteiger partial charge in [0, 0.05) is 24.5 Å². The van der Waals surface area contributed by atoms with Gasteiger partial charge in [0.05, 0.1) is 22.5 Å². The number of rotatable bonds is 6. The predicted octanol–water partition coefficient (Wildman–Crippen LogP) is 4.36. The quantitative estimate of drug-likeness (QED) is 0.674. The van der Waals surface area contributed by atoms with Crippen molar-refractivity contribution in [2.24, 2.45) is 0 Å². The Kier molecular flexibility index (Phi) is 6.70. The van der Waals surface area contributed by atoms with Crippen molar-refractivity contribution in [3.8, 4) is 0 Å². The number of anilines is 3. The standard InChI is InChI=1S/C20H21ClF3N3O3S/c1-31(29,30)27(16-8-9-18(21)17(12-16)20(22,23)24)13-19(28)25-14-4-6-15(7-5-14)26-10-2-3-11-26/h4-9,12H,2-3,10-11,13H2,1H3,(H,25,28). The third-order valence-corrected chi connectivity index (χ3v) is 6.32. The minimum Gasteiger partial charge on any atom is -0.372 e. The molecular formula is C20H21ClF3N3O3S. The fourth-order valence-electron chi connectivity index (χ4n) is 3.35. The van der Waals surface area contributed by atoms with Crippen LogP contribution in [0, 0.1) is 0 Å². The van der Waals surface area contributed by atoms with Gasteiger partial charge in [0.15, 0.2) is 0 Å². The maximum atomic E-state index is 13.1. The second kappa shape index (κ2) is 8.96. The number of carbonyl (C=O) groups excluding carboxylic acids is 1. The van der Waals surface area contributed by atoms with Gasteiger partial charge in [-0.1, -0.05) is 11.6 Å². The molecule has 0 unspecified atom stereocenters. The number of halogens is 4. The van der Waals surface area contributed by atoms with E-state index >= 15 is 0 Å². The van der Waals surface area contributed by atoms with Crippen molar-refractivity contribution in [1.82, 2.24) is 0 Å². The highest BCUT2D eigenvalue weighted by Gasteiger charge is 2.34. The molecule has 1 amide bonds. The highest BCUT2D eigenvalue weighted by Crippen LogP contribution is 2.37. The molecule has 2 aromatic rings. The zero-order valence-electron chi connectivity index (χ0n) is 16.6. The van der Waals surface area contributed by atoms with Crippen molar-refractivity contribution in [2.45, 2.75) is 19.0 Å². The van der Waals surface area contributed by atoms with Crippen LogP contribution in [0.5, 0.6) is 0 Å². The van der Waals surface area contributed by atoms with E-state index in [1.54, 1.807) is 12.1 Å². The number of hydrogen-bond donors (Lipinski definition) is 1. The molecule has 1 N–H and O–H groups in total. The molecule has 1 aliphatic heterocycles. The van der Waals surface area contributed by atoms with Crippen LogP contribution in [0.25, 0.3) is 0 Å². The number of amides is 1. The van der Waals surface area contributed by atoms with Gasteiger partial charge in [-0.3, -0.25) is 9.10 Å². The molecule has 0 aromatic heterocycles. The van der Waals surface area contributed by atoms with E-state index in [1.165, 1.54) is 0 Å². The molecule has 2 aromatic carbocycles. The molecule has 0 bridgehead atoms. The molecule has 11 heteroatoms. The van der Waals surface area contributed by atoms with E-state index in [0.717, 1.165) is 50.0 Å². The van der Waals surface area contributed by atoms with Crippen LogP contribution >= 0.6 is 11.6 Å². The lowest BCUT2D eigenvalue weighted by Crippen LogP contribution is -2.37. The van der Waals surface area contributed by atoms with Crippen LogP contribution in [-0.4, -0.2) is 40.2 Å². The second-order valence-electron chi connectivity index (χ2n) is 7.22. The molecular weight excluding hydrogens is 455 g/mol. The largest absolute Gasteiger partial charge is 0.417 e. The molecule has 1 saturated heterocycles. The SMILES string of the molecule is CS(=O)(=O)N(CC(=O)Nc1ccc(N2CCCC2)cc1)c1ccc(Cl)c(C(F)(F)F)c1. The Hall–Kier alpha value is -2.46. The third-order valence-electron chi connectivity index (χ3n) is 4.85. The van der Waals surface area contributed by atoms with Gasteiger partial charge in [-0.25, -0.2) is 8.42 Å². The Bertz CT molecular complexity index is 1050. The first-order valence-electron chi connectivity index (χ1n) is 9.44. The van der Waals surface area contributed by atoms with Crippen LogP contribution in [-0.2, 0) is 21.0 Å². The Labute approximate surface area is 183 Å². The van der Waals surface area contributed by atoms with E-state index in [4.69, 9.17) is 11.6 Å². The predicted molar refractivity (Wildman–Crippen MR) is 115 cm³/mol. The normalized spacial score (nSPS) is 14.5. The number of nitrogens with one attached hydrogen (secondary N) is 1. The lowest BCUT2D eigenvalue weighted by atomic mass is 10.2. The first-order chi connectivity index (χ1) is 14.4. The van der Waals surface area contributed by atoms with Crippen LogP contribution in [0.15, 0.2) is 42.5 Å². The van der Waals surface area contributed by atoms with Crippen molar-refractivity contribution < 1.29 is 26.4 Å². The number of nitrogens with zero attached hydrogens (tertiary/aromatic N) is 2. The molecule has 168 valence electrons. The van der Waals surface area contributed by atoms with Crippen molar-refractivity contribution >= 4 is 44.6 Å². The summed E-state index contributed by atoms with van der Waals surface area (Å²) in [6, 6.07) is 9.78. The summed E-state index contributed by atoms with van der Waals surface area (Å²) < 4.78 is 64.4. The molecule has 0 aliphatic carbocycles. The highest BCUT2D eigenvalue weighted by molar-refractivity contribution is 7.92. The molecule has 0 spiro atoms. The number of alkyl halides is 3. The molecule has 0 radical (unpaired) electrons. The minimum atomic E-state index is -4.77. The van der Waals surface area contributed by atoms with E-state index < -0.39 is 39.2 Å². The Morgan fingerprint density at radius 3 is 2.29 bits per heavy atom. The summed E-state index contributed by atoms with van der Waals surface area (Å²) in [5.74, 6) is -0.692. The summed E-state index contributed by atoms with van der Waals surface area (Å²) in [6.45, 7) is 1.25. The molecule has 0 atom stereocenters. The average molecular weight is 476 g/mol. The van der Waals surface area contributed by atoms with E-state index in [0.29, 0.717) is 16.1 Å². The van der Waals surface area contributed by atoms with E-state index in [1.807, 2.05) is 12.1 Å². The van der Waals surface area contributed by atoms with Gasteiger partial charge in [-0.2, -0.15) is 13.2 Å². The molecule has 3 rings (SSSR count). The monoisotopic (exact) mass is 475 g/mol. The van der Waals surface area contributed by atoms with Crippen molar-refractivity contribution in [2.75, 3.05) is 40.4 Å². The second-order valence-corrected chi connectivity index (χ2v) is 9.53. The van der Waals surface area contributed by atoms with Crippen LogP contribution < -0.4 is 14.5 Å². The third kappa shape index (κ3) is 5.82. The summed E-state index contributed by atoms with van der Waals surface area (Å²) in [7, 11) is -4.04. The lowest BCUT2D eigenvalue weighted by Gasteiger charge is -2.23. The number of carbonyl (C=O) groups is 1. The number of benzene rings is 2. The molecule has 1 heterocycles. The first kappa shape index (κ1) is 23.2. The van der Waals surface area contributed by atoms with Crippen LogP contribution in [0.1, 0.15) is 18.4 Å². The summed E-state index contributed by atoms with van der Waals surface area (Å²) in [6.07, 6.45) is -1.70. The zero-order valence-corrected chi connectivity index (χ0v) is 18.2. The average Bonchev–Trinajstić information content (AvgIpc) is 3.20. The molecule has 1 fully saturated rings. The van der Waals surface area contributed by atoms with Gasteiger partial charge < -0.3 is 10.2 Å². The van der Waals surface area contributed by atoms with Crippen molar-refractivity contribution in [3.63, 3.8) is 0 Å². The van der Waals surface area contributed by atoms with Crippen molar-refractivity contribution in [3.05, 3.63) is 53.1 Å². The van der Waals surface area contributed by atoms with Gasteiger partial charge in [0.2, 0.25) is 15.9 Å². The van der Waals surface area contributed by atoms with Gasteiger partial charge in [0.1, 0.15) is 6.54 Å². The maximum absolute atomic E-state index is 13.1. The maximum Gasteiger partial charge on any atom is 0.417 e. The fourth-order valence-corrected chi connectivity index (χ4v) is 4.42. The van der Waals surface area contributed by atoms with E-state index in [-0.39, 0.29) is 5.69 Å². The van der Waals surface area contributed by atoms with Crippen LogP contribution in [0.4, 0.5) is 30.2 Å². The fraction of sp³-hybridized carbons (Fsp3) is 0.350. The number of sulfonamides is 1. The van der Waals surface area contributed by atoms with Gasteiger partial charge >= 0.3 is 6.18 Å². The molecule has 31 heavy (non-hydrogen) atoms. The van der Waals surface area contributed by atoms with Gasteiger partial charge in [-0.05, 0) is 55.3 Å². The lowest BCUT2D eigenvalue weighted by molar-refractivity contribution is -0.137. The summed E-state index contributed by atoms with van der Waals surface area (Å²) in [4.78, 5) is 14.7. The summed E-state index contributed by atoms with van der Waals surface area (Å²) in [5, 5.41) is 2.01. The number of hydrogen-bond acceptors (Lipinski definition) is 4. The molecule has 1 aliphatic rings. The van der Waals surface area contributed by atoms with Crippen LogP contribution in [0.3, 0.4) is 0 Å². The van der Waals surface area contributed by atoms with Gasteiger partial charge in [-0.15, -0.1) is 0 Å². The first-order valence-corrected chi connectivity index (χ1v) is 11.7. The van der Waals surface area contributed by atoms with Crippen LogP contribution in [0.2, 0.25) is 5.02 Å². The van der Waals surface area contributed by atoms with E-state index in [2.05, 4.69) is 10.2 Å². The Morgan fingerprint density at radius 2 is 1.74 bits per heavy atom. The van der Waals surface area contributed by atoms with Crippen molar-refractivity contribution in [1.29, 1.82) is 0 Å². The highest BCUT2D eigenvalue weighted by atomic mass is 35.5. The zero-order chi connectivity index (χ0) is 22.8. The topological polar surface area (TPSA) is 69.7 Å². The Balaban J connectivity index is 1.76. The minimum absolute atomic E-state index is 0.307. The Morgan fingerprint density at radius 1 is 1.13 bits per heavy atom. The van der Waals surface area contributed by atoms with Gasteiger partial charge in [0.25, 0.3) is 0 Å². The van der Waals surface area contributed by atoms with E-state index in [9.17, 15) is 26.4 Å². The smallest absolute Gasteiger partial charge is 0.372 e. The summed E-state index contributed by atoms with van der Waals surface area (Å²) in [5.41, 5.74) is -0.0143. The molecule has 0 saturated carbocycles. The molecule has 6 nitrogen and oxygen atoms in total. The summed E-state index contributed by atoms with van der Waals surface area (Å²) >= 11 is 5.60.